The summed E-state index contributed by atoms with van der Waals surface area (Å²) in [6.45, 7) is 2.45. The van der Waals surface area contributed by atoms with Crippen LogP contribution in [0.5, 0.6) is 0 Å². The molecule has 0 spiro atoms. The van der Waals surface area contributed by atoms with Gasteiger partial charge in [-0.3, -0.25) is 0 Å². The van der Waals surface area contributed by atoms with Gasteiger partial charge < -0.3 is 5.11 Å². The number of aliphatic hydroxyl groups is 1. The van der Waals surface area contributed by atoms with Crippen molar-refractivity contribution >= 4 is 11.3 Å². The molecule has 1 aromatic rings. The van der Waals surface area contributed by atoms with E-state index in [1.165, 1.54) is 24.0 Å². The van der Waals surface area contributed by atoms with Crippen LogP contribution in [0.2, 0.25) is 0 Å². The molecule has 0 atom stereocenters. The molecule has 60 valence electrons. The Morgan fingerprint density at radius 2 is 2.27 bits per heavy atom. The molecule has 0 aliphatic heterocycles. The fourth-order valence-corrected chi connectivity index (χ4v) is 2.54. The molecule has 1 aliphatic rings. The number of hydrogen-bond acceptors (Lipinski definition) is 2. The largest absolute Gasteiger partial charge is 0.395 e. The summed E-state index contributed by atoms with van der Waals surface area (Å²) in [5.74, 6) is 0. The Hall–Kier alpha value is -0.340. The van der Waals surface area contributed by atoms with Gasteiger partial charge in [-0.15, -0.1) is 0 Å². The fraction of sp³-hybridized carbons (Fsp3) is 0.556. The Labute approximate surface area is 70.7 Å². The van der Waals surface area contributed by atoms with Crippen LogP contribution in [0.4, 0.5) is 0 Å². The lowest BCUT2D eigenvalue weighted by Crippen LogP contribution is -2.11. The Kier molecular flexibility index (Phi) is 1.55. The van der Waals surface area contributed by atoms with Crippen LogP contribution in [0.15, 0.2) is 10.8 Å². The van der Waals surface area contributed by atoms with Crippen molar-refractivity contribution < 1.29 is 5.11 Å². The fourth-order valence-electron chi connectivity index (χ4n) is 1.57. The number of hydrogen-bond donors (Lipinski definition) is 1. The number of thiophene rings is 1. The molecule has 2 heteroatoms. The van der Waals surface area contributed by atoms with Gasteiger partial charge >= 0.3 is 0 Å². The highest BCUT2D eigenvalue weighted by atomic mass is 32.1. The van der Waals surface area contributed by atoms with E-state index >= 15 is 0 Å². The lowest BCUT2D eigenvalue weighted by atomic mass is 9.97. The van der Waals surface area contributed by atoms with Crippen molar-refractivity contribution in [1.29, 1.82) is 0 Å². The molecule has 0 saturated heterocycles. The molecule has 2 rings (SSSR count). The normalized spacial score (nSPS) is 20.2. The van der Waals surface area contributed by atoms with Crippen molar-refractivity contribution in [3.8, 4) is 0 Å². The standard InChI is InChI=1S/C9H12OS/c1-7-4-11-5-8(7)9(6-10)2-3-9/h4-5,10H,2-3,6H2,1H3. The van der Waals surface area contributed by atoms with E-state index in [1.54, 1.807) is 11.3 Å². The predicted octanol–water partition coefficient (Wildman–Crippen LogP) is 2.08. The van der Waals surface area contributed by atoms with Crippen molar-refractivity contribution in [2.45, 2.75) is 25.2 Å². The number of aryl methyl sites for hydroxylation is 1. The zero-order chi connectivity index (χ0) is 7.90. The SMILES string of the molecule is Cc1cscc1C1(CO)CC1. The van der Waals surface area contributed by atoms with Crippen LogP contribution < -0.4 is 0 Å². The highest BCUT2D eigenvalue weighted by Crippen LogP contribution is 2.49. The lowest BCUT2D eigenvalue weighted by Gasteiger charge is -2.10. The van der Waals surface area contributed by atoms with Crippen molar-refractivity contribution in [3.05, 3.63) is 21.9 Å². The monoisotopic (exact) mass is 168 g/mol. The molecule has 0 aromatic carbocycles. The summed E-state index contributed by atoms with van der Waals surface area (Å²) in [6.07, 6.45) is 2.34. The van der Waals surface area contributed by atoms with Gasteiger partial charge in [0.25, 0.3) is 0 Å². The van der Waals surface area contributed by atoms with Gasteiger partial charge in [0.1, 0.15) is 0 Å². The topological polar surface area (TPSA) is 20.2 Å². The molecule has 1 fully saturated rings. The van der Waals surface area contributed by atoms with E-state index in [0.29, 0.717) is 6.61 Å². The van der Waals surface area contributed by atoms with Gasteiger partial charge in [-0.05, 0) is 41.7 Å². The first-order valence-electron chi connectivity index (χ1n) is 3.93. The molecule has 1 heterocycles. The number of rotatable bonds is 2. The molecule has 1 N–H and O–H groups in total. The van der Waals surface area contributed by atoms with E-state index < -0.39 is 0 Å². The van der Waals surface area contributed by atoms with Crippen LogP contribution >= 0.6 is 11.3 Å². The Balaban J connectivity index is 2.35. The van der Waals surface area contributed by atoms with Crippen LogP contribution in [0, 0.1) is 6.92 Å². The zero-order valence-electron chi connectivity index (χ0n) is 6.63. The first-order chi connectivity index (χ1) is 5.28. The molecule has 1 nitrogen and oxygen atoms in total. The van der Waals surface area contributed by atoms with Gasteiger partial charge in [0.15, 0.2) is 0 Å². The Morgan fingerprint density at radius 1 is 1.55 bits per heavy atom. The van der Waals surface area contributed by atoms with Crippen molar-refractivity contribution in [1.82, 2.24) is 0 Å². The lowest BCUT2D eigenvalue weighted by molar-refractivity contribution is 0.255. The predicted molar refractivity (Wildman–Crippen MR) is 47.1 cm³/mol. The van der Waals surface area contributed by atoms with Crippen LogP contribution in [0.1, 0.15) is 24.0 Å². The second-order valence-electron chi connectivity index (χ2n) is 3.41. The first-order valence-corrected chi connectivity index (χ1v) is 4.87. The second kappa shape index (κ2) is 2.32. The minimum Gasteiger partial charge on any atom is -0.395 e. The molecule has 1 aliphatic carbocycles. The molecule has 0 bridgehead atoms. The molecule has 1 aromatic heterocycles. The van der Waals surface area contributed by atoms with Gasteiger partial charge in [0, 0.05) is 5.41 Å². The van der Waals surface area contributed by atoms with E-state index in [0.717, 1.165) is 0 Å². The maximum absolute atomic E-state index is 9.16. The molecular weight excluding hydrogens is 156 g/mol. The van der Waals surface area contributed by atoms with Crippen molar-refractivity contribution in [2.24, 2.45) is 0 Å². The minimum absolute atomic E-state index is 0.171. The van der Waals surface area contributed by atoms with E-state index in [4.69, 9.17) is 5.11 Å². The maximum atomic E-state index is 9.16. The third-order valence-electron chi connectivity index (χ3n) is 2.58. The average molecular weight is 168 g/mol. The molecule has 11 heavy (non-hydrogen) atoms. The Bertz CT molecular complexity index is 260. The maximum Gasteiger partial charge on any atom is 0.0528 e. The van der Waals surface area contributed by atoms with Crippen LogP contribution in [-0.4, -0.2) is 11.7 Å². The highest BCUT2D eigenvalue weighted by Gasteiger charge is 2.44. The summed E-state index contributed by atoms with van der Waals surface area (Å²) in [7, 11) is 0. The molecular formula is C9H12OS. The zero-order valence-corrected chi connectivity index (χ0v) is 7.45. The first kappa shape index (κ1) is 7.32. The average Bonchev–Trinajstić information content (AvgIpc) is 2.70. The molecule has 0 unspecified atom stereocenters. The van der Waals surface area contributed by atoms with Crippen LogP contribution in [0.3, 0.4) is 0 Å². The summed E-state index contributed by atoms with van der Waals surface area (Å²) in [5, 5.41) is 13.5. The molecule has 0 amide bonds. The Morgan fingerprint density at radius 3 is 2.64 bits per heavy atom. The quantitative estimate of drug-likeness (QED) is 0.717. The third kappa shape index (κ3) is 1.01. The summed E-state index contributed by atoms with van der Waals surface area (Å²) in [6, 6.07) is 0. The summed E-state index contributed by atoms with van der Waals surface area (Å²) in [5.41, 5.74) is 2.90. The smallest absolute Gasteiger partial charge is 0.0528 e. The van der Waals surface area contributed by atoms with E-state index in [2.05, 4.69) is 17.7 Å². The van der Waals surface area contributed by atoms with Crippen LogP contribution in [0.25, 0.3) is 0 Å². The molecule has 0 radical (unpaired) electrons. The van der Waals surface area contributed by atoms with E-state index in [1.807, 2.05) is 0 Å². The molecule has 1 saturated carbocycles. The summed E-state index contributed by atoms with van der Waals surface area (Å²) >= 11 is 1.74. The number of aliphatic hydroxyl groups excluding tert-OH is 1. The highest BCUT2D eigenvalue weighted by molar-refractivity contribution is 7.08. The van der Waals surface area contributed by atoms with Crippen molar-refractivity contribution in [3.63, 3.8) is 0 Å². The van der Waals surface area contributed by atoms with Crippen LogP contribution in [-0.2, 0) is 5.41 Å². The van der Waals surface area contributed by atoms with Gasteiger partial charge in [0.2, 0.25) is 0 Å². The van der Waals surface area contributed by atoms with Gasteiger partial charge in [-0.1, -0.05) is 0 Å². The second-order valence-corrected chi connectivity index (χ2v) is 4.15. The van der Waals surface area contributed by atoms with Gasteiger partial charge in [0.05, 0.1) is 6.61 Å². The summed E-state index contributed by atoms with van der Waals surface area (Å²) < 4.78 is 0. The van der Waals surface area contributed by atoms with E-state index in [-0.39, 0.29) is 5.41 Å². The van der Waals surface area contributed by atoms with Crippen molar-refractivity contribution in [2.75, 3.05) is 6.61 Å². The van der Waals surface area contributed by atoms with Gasteiger partial charge in [-0.2, -0.15) is 11.3 Å². The summed E-state index contributed by atoms with van der Waals surface area (Å²) in [4.78, 5) is 0. The minimum atomic E-state index is 0.171. The van der Waals surface area contributed by atoms with E-state index in [9.17, 15) is 0 Å². The van der Waals surface area contributed by atoms with Gasteiger partial charge in [-0.25, -0.2) is 0 Å². The third-order valence-corrected chi connectivity index (χ3v) is 3.44.